The summed E-state index contributed by atoms with van der Waals surface area (Å²) in [5.41, 5.74) is 5.22. The Labute approximate surface area is 70.1 Å². The lowest BCUT2D eigenvalue weighted by Gasteiger charge is -2.04. The first kappa shape index (κ1) is 10.7. The molecule has 0 spiro atoms. The molecule has 0 fully saturated rings. The van der Waals surface area contributed by atoms with Crippen molar-refractivity contribution in [3.05, 3.63) is 0 Å². The minimum Gasteiger partial charge on any atom is -0.480 e. The maximum atomic E-state index is 10.2. The molecule has 1 unspecified atom stereocenters. The summed E-state index contributed by atoms with van der Waals surface area (Å²) in [5, 5.41) is 8.36. The molecular formula is C6H13NO3S. The van der Waals surface area contributed by atoms with Crippen LogP contribution in [0.4, 0.5) is 0 Å². The van der Waals surface area contributed by atoms with Crippen molar-refractivity contribution in [3.63, 3.8) is 0 Å². The van der Waals surface area contributed by atoms with Gasteiger partial charge in [0, 0.05) is 12.4 Å². The Morgan fingerprint density at radius 1 is 1.82 bits per heavy atom. The molecule has 0 saturated heterocycles. The molecule has 0 rings (SSSR count). The number of hydrogen-bond acceptors (Lipinski definition) is 4. The van der Waals surface area contributed by atoms with E-state index in [1.807, 2.05) is 6.92 Å². The van der Waals surface area contributed by atoms with E-state index in [2.05, 4.69) is 0 Å². The lowest BCUT2D eigenvalue weighted by molar-refractivity contribution is -0.137. The molecule has 0 aliphatic carbocycles. The summed E-state index contributed by atoms with van der Waals surface area (Å²) in [7, 11) is 0. The zero-order valence-electron chi connectivity index (χ0n) is 6.45. The first-order valence-electron chi connectivity index (χ1n) is 3.32. The number of thioether (sulfide) groups is 1. The van der Waals surface area contributed by atoms with Gasteiger partial charge in [0.1, 0.15) is 6.04 Å². The van der Waals surface area contributed by atoms with Crippen LogP contribution in [0, 0.1) is 0 Å². The molecule has 3 N–H and O–H groups in total. The van der Waals surface area contributed by atoms with E-state index in [1.54, 1.807) is 0 Å². The van der Waals surface area contributed by atoms with Crippen LogP contribution in [0.15, 0.2) is 0 Å². The fourth-order valence-electron chi connectivity index (χ4n) is 0.389. The largest absolute Gasteiger partial charge is 0.480 e. The molecular weight excluding hydrogens is 166 g/mol. The fourth-order valence-corrected chi connectivity index (χ4v) is 1.17. The van der Waals surface area contributed by atoms with Gasteiger partial charge in [-0.25, -0.2) is 0 Å². The van der Waals surface area contributed by atoms with Crippen molar-refractivity contribution in [2.75, 3.05) is 18.3 Å². The van der Waals surface area contributed by atoms with E-state index < -0.39 is 12.0 Å². The van der Waals surface area contributed by atoms with E-state index in [0.717, 1.165) is 0 Å². The van der Waals surface area contributed by atoms with Crippen molar-refractivity contribution in [2.24, 2.45) is 5.73 Å². The van der Waals surface area contributed by atoms with Crippen molar-refractivity contribution in [1.29, 1.82) is 0 Å². The van der Waals surface area contributed by atoms with Crippen LogP contribution in [0.3, 0.4) is 0 Å². The molecule has 0 aromatic rings. The lowest BCUT2D eigenvalue weighted by Crippen LogP contribution is -2.32. The molecule has 11 heavy (non-hydrogen) atoms. The van der Waals surface area contributed by atoms with Gasteiger partial charge in [-0.15, -0.1) is 11.8 Å². The summed E-state index contributed by atoms with van der Waals surface area (Å²) in [6.07, 6.45) is 0. The molecule has 0 heterocycles. The molecule has 0 amide bonds. The van der Waals surface area contributed by atoms with Gasteiger partial charge in [0.25, 0.3) is 0 Å². The highest BCUT2D eigenvalue weighted by Gasteiger charge is 2.09. The minimum absolute atomic E-state index is 0.398. The quantitative estimate of drug-likeness (QED) is 0.448. The molecule has 4 nitrogen and oxygen atoms in total. The average molecular weight is 179 g/mol. The van der Waals surface area contributed by atoms with Gasteiger partial charge in [0.15, 0.2) is 0 Å². The molecule has 0 bridgehead atoms. The number of carboxylic acid groups (broad SMARTS) is 1. The van der Waals surface area contributed by atoms with Crippen LogP contribution in [0.1, 0.15) is 6.92 Å². The van der Waals surface area contributed by atoms with Crippen molar-refractivity contribution >= 4 is 17.7 Å². The molecule has 1 atom stereocenters. The van der Waals surface area contributed by atoms with E-state index >= 15 is 0 Å². The first-order valence-corrected chi connectivity index (χ1v) is 4.47. The van der Waals surface area contributed by atoms with Gasteiger partial charge in [-0.05, 0) is 6.92 Å². The zero-order valence-corrected chi connectivity index (χ0v) is 7.26. The molecule has 0 aromatic carbocycles. The van der Waals surface area contributed by atoms with Gasteiger partial charge >= 0.3 is 5.97 Å². The van der Waals surface area contributed by atoms with Crippen LogP contribution in [-0.4, -0.2) is 35.4 Å². The van der Waals surface area contributed by atoms with Crippen molar-refractivity contribution in [1.82, 2.24) is 0 Å². The van der Waals surface area contributed by atoms with E-state index in [-0.39, 0.29) is 0 Å². The van der Waals surface area contributed by atoms with Crippen LogP contribution in [-0.2, 0) is 9.53 Å². The number of ether oxygens (including phenoxy) is 1. The molecule has 0 aliphatic rings. The second kappa shape index (κ2) is 6.45. The van der Waals surface area contributed by atoms with Gasteiger partial charge < -0.3 is 15.6 Å². The number of carboxylic acids is 1. The smallest absolute Gasteiger partial charge is 0.321 e. The average Bonchev–Trinajstić information content (AvgIpc) is 1.97. The summed E-state index contributed by atoms with van der Waals surface area (Å²) in [6, 6.07) is -0.777. The number of carbonyl (C=O) groups is 1. The van der Waals surface area contributed by atoms with Crippen LogP contribution in [0.5, 0.6) is 0 Å². The Kier molecular flexibility index (Phi) is 6.30. The van der Waals surface area contributed by atoms with Crippen LogP contribution in [0.25, 0.3) is 0 Å². The Bertz CT molecular complexity index is 120. The maximum Gasteiger partial charge on any atom is 0.321 e. The minimum atomic E-state index is -0.964. The van der Waals surface area contributed by atoms with Gasteiger partial charge in [-0.2, -0.15) is 0 Å². The summed E-state index contributed by atoms with van der Waals surface area (Å²) in [5.74, 6) is -0.0544. The third-order valence-electron chi connectivity index (χ3n) is 0.985. The monoisotopic (exact) mass is 179 g/mol. The second-order valence-electron chi connectivity index (χ2n) is 1.93. The lowest BCUT2D eigenvalue weighted by atomic mass is 10.4. The van der Waals surface area contributed by atoms with E-state index in [4.69, 9.17) is 15.6 Å². The normalized spacial score (nSPS) is 12.9. The molecule has 66 valence electrons. The van der Waals surface area contributed by atoms with Gasteiger partial charge in [0.2, 0.25) is 0 Å². The Balaban J connectivity index is 3.17. The predicted octanol–water partition coefficient (Wildman–Crippen LogP) is 0.126. The van der Waals surface area contributed by atoms with E-state index in [0.29, 0.717) is 18.3 Å². The summed E-state index contributed by atoms with van der Waals surface area (Å²) >= 11 is 1.39. The second-order valence-corrected chi connectivity index (χ2v) is 2.90. The number of rotatable bonds is 6. The molecule has 0 aliphatic heterocycles. The Morgan fingerprint density at radius 3 is 2.91 bits per heavy atom. The highest BCUT2D eigenvalue weighted by molar-refractivity contribution is 7.99. The van der Waals surface area contributed by atoms with Crippen LogP contribution in [0.2, 0.25) is 0 Å². The highest BCUT2D eigenvalue weighted by atomic mass is 32.2. The fraction of sp³-hybridized carbons (Fsp3) is 0.833. The summed E-state index contributed by atoms with van der Waals surface area (Å²) < 4.78 is 4.98. The number of aliphatic carboxylic acids is 1. The van der Waals surface area contributed by atoms with Gasteiger partial charge in [-0.3, -0.25) is 4.79 Å². The van der Waals surface area contributed by atoms with Crippen molar-refractivity contribution in [2.45, 2.75) is 13.0 Å². The zero-order chi connectivity index (χ0) is 8.69. The Morgan fingerprint density at radius 2 is 2.45 bits per heavy atom. The molecule has 0 saturated carbocycles. The number of hydrogen-bond donors (Lipinski definition) is 2. The summed E-state index contributed by atoms with van der Waals surface area (Å²) in [6.45, 7) is 2.53. The van der Waals surface area contributed by atoms with Gasteiger partial charge in [-0.1, -0.05) is 0 Å². The molecule has 0 radical (unpaired) electrons. The number of nitrogens with two attached hydrogens (primary N) is 1. The Hall–Kier alpha value is -0.260. The van der Waals surface area contributed by atoms with E-state index in [9.17, 15) is 4.79 Å². The third kappa shape index (κ3) is 6.15. The van der Waals surface area contributed by atoms with E-state index in [1.165, 1.54) is 11.8 Å². The third-order valence-corrected chi connectivity index (χ3v) is 1.91. The first-order chi connectivity index (χ1) is 5.18. The van der Waals surface area contributed by atoms with Crippen LogP contribution < -0.4 is 5.73 Å². The summed E-state index contributed by atoms with van der Waals surface area (Å²) in [4.78, 5) is 10.2. The van der Waals surface area contributed by atoms with Crippen molar-refractivity contribution in [3.8, 4) is 0 Å². The molecule has 0 aromatic heterocycles. The molecule has 5 heteroatoms. The standard InChI is InChI=1S/C6H13NO3S/c1-2-10-4-11-3-5(7)6(8)9/h5H,2-4,7H2,1H3,(H,8,9). The topological polar surface area (TPSA) is 72.5 Å². The van der Waals surface area contributed by atoms with Crippen LogP contribution >= 0.6 is 11.8 Å². The van der Waals surface area contributed by atoms with Gasteiger partial charge in [0.05, 0.1) is 5.94 Å². The SMILES string of the molecule is CCOCSCC(N)C(=O)O. The maximum absolute atomic E-state index is 10.2. The predicted molar refractivity (Wildman–Crippen MR) is 44.6 cm³/mol. The van der Waals surface area contributed by atoms with Crippen molar-refractivity contribution < 1.29 is 14.6 Å². The highest BCUT2D eigenvalue weighted by Crippen LogP contribution is 2.01.